The third kappa shape index (κ3) is 4.12. The predicted octanol–water partition coefficient (Wildman–Crippen LogP) is 1.45. The first-order valence-corrected chi connectivity index (χ1v) is 8.03. The van der Waals surface area contributed by atoms with Crippen LogP contribution < -0.4 is 5.32 Å². The molecule has 0 spiro atoms. The van der Waals surface area contributed by atoms with Gasteiger partial charge in [0.15, 0.2) is 5.82 Å². The summed E-state index contributed by atoms with van der Waals surface area (Å²) >= 11 is 1.59. The van der Waals surface area contributed by atoms with Gasteiger partial charge in [-0.1, -0.05) is 5.16 Å². The normalized spacial score (nSPS) is 15.9. The first-order chi connectivity index (χ1) is 10.7. The van der Waals surface area contributed by atoms with Crippen molar-refractivity contribution in [2.45, 2.75) is 19.9 Å². The standard InChI is InChI=1S/C14H18N4O3S/c1-10-6-12(17-21-10)16-13(19)7-11-9-22-14(15-11)8-18-2-4-20-5-3-18/h6,9H,2-5,7-8H2,1H3,(H,16,17,19). The maximum atomic E-state index is 11.9. The number of carbonyl (C=O) groups is 1. The average Bonchev–Trinajstić information content (AvgIpc) is 3.09. The van der Waals surface area contributed by atoms with Gasteiger partial charge in [-0.25, -0.2) is 4.98 Å². The number of hydrogen-bond donors (Lipinski definition) is 1. The number of morpholine rings is 1. The Bertz CT molecular complexity index is 634. The number of hydrogen-bond acceptors (Lipinski definition) is 7. The topological polar surface area (TPSA) is 80.5 Å². The van der Waals surface area contributed by atoms with Crippen LogP contribution >= 0.6 is 11.3 Å². The largest absolute Gasteiger partial charge is 0.379 e. The third-order valence-corrected chi connectivity index (χ3v) is 4.18. The van der Waals surface area contributed by atoms with Gasteiger partial charge in [0.25, 0.3) is 0 Å². The summed E-state index contributed by atoms with van der Waals surface area (Å²) in [5.74, 6) is 0.958. The predicted molar refractivity (Wildman–Crippen MR) is 81.8 cm³/mol. The molecular weight excluding hydrogens is 304 g/mol. The minimum atomic E-state index is -0.142. The fourth-order valence-corrected chi connectivity index (χ4v) is 3.07. The zero-order valence-corrected chi connectivity index (χ0v) is 13.2. The molecule has 0 atom stereocenters. The van der Waals surface area contributed by atoms with Crippen molar-refractivity contribution in [3.8, 4) is 0 Å². The van der Waals surface area contributed by atoms with Crippen molar-refractivity contribution in [1.82, 2.24) is 15.0 Å². The summed E-state index contributed by atoms with van der Waals surface area (Å²) in [5.41, 5.74) is 0.783. The summed E-state index contributed by atoms with van der Waals surface area (Å²) in [7, 11) is 0. The number of amides is 1. The quantitative estimate of drug-likeness (QED) is 0.897. The van der Waals surface area contributed by atoms with E-state index in [1.165, 1.54) is 0 Å². The Morgan fingerprint density at radius 2 is 2.27 bits per heavy atom. The number of anilines is 1. The highest BCUT2D eigenvalue weighted by atomic mass is 32.1. The summed E-state index contributed by atoms with van der Waals surface area (Å²) in [4.78, 5) is 18.8. The molecule has 1 amide bonds. The fraction of sp³-hybridized carbons (Fsp3) is 0.500. The van der Waals surface area contributed by atoms with Crippen molar-refractivity contribution < 1.29 is 14.1 Å². The van der Waals surface area contributed by atoms with Crippen LogP contribution in [0.5, 0.6) is 0 Å². The van der Waals surface area contributed by atoms with E-state index in [9.17, 15) is 4.79 Å². The van der Waals surface area contributed by atoms with Gasteiger partial charge in [0.1, 0.15) is 10.8 Å². The van der Waals surface area contributed by atoms with Crippen molar-refractivity contribution in [1.29, 1.82) is 0 Å². The minimum Gasteiger partial charge on any atom is -0.379 e. The van der Waals surface area contributed by atoms with E-state index in [0.29, 0.717) is 11.6 Å². The number of rotatable bonds is 5. The second kappa shape index (κ2) is 6.99. The number of ether oxygens (including phenoxy) is 1. The van der Waals surface area contributed by atoms with Crippen molar-refractivity contribution in [3.63, 3.8) is 0 Å². The molecule has 118 valence electrons. The maximum absolute atomic E-state index is 11.9. The van der Waals surface area contributed by atoms with Crippen molar-refractivity contribution >= 4 is 23.1 Å². The summed E-state index contributed by atoms with van der Waals surface area (Å²) in [6.45, 7) is 6.01. The van der Waals surface area contributed by atoms with E-state index in [4.69, 9.17) is 9.26 Å². The van der Waals surface area contributed by atoms with E-state index in [0.717, 1.165) is 43.5 Å². The number of nitrogens with zero attached hydrogens (tertiary/aromatic N) is 3. The lowest BCUT2D eigenvalue weighted by molar-refractivity contribution is -0.115. The Hall–Kier alpha value is -1.77. The second-order valence-corrected chi connectivity index (χ2v) is 6.11. The number of aryl methyl sites for hydroxylation is 1. The van der Waals surface area contributed by atoms with Crippen molar-refractivity contribution in [2.75, 3.05) is 31.6 Å². The molecule has 0 aliphatic carbocycles. The fourth-order valence-electron chi connectivity index (χ4n) is 2.23. The molecule has 0 bridgehead atoms. The van der Waals surface area contributed by atoms with Gasteiger partial charge in [-0.05, 0) is 6.92 Å². The molecule has 1 aliphatic rings. The SMILES string of the molecule is Cc1cc(NC(=O)Cc2csc(CN3CCOCC3)n2)no1. The van der Waals surface area contributed by atoms with Gasteiger partial charge in [0.05, 0.1) is 31.9 Å². The molecule has 0 saturated carbocycles. The van der Waals surface area contributed by atoms with E-state index < -0.39 is 0 Å². The molecule has 0 unspecified atom stereocenters. The van der Waals surface area contributed by atoms with E-state index >= 15 is 0 Å². The minimum absolute atomic E-state index is 0.142. The number of aromatic nitrogens is 2. The van der Waals surface area contributed by atoms with Gasteiger partial charge < -0.3 is 14.6 Å². The van der Waals surface area contributed by atoms with Crippen LogP contribution in [-0.2, 0) is 22.5 Å². The first-order valence-electron chi connectivity index (χ1n) is 7.15. The lowest BCUT2D eigenvalue weighted by Gasteiger charge is -2.25. The monoisotopic (exact) mass is 322 g/mol. The lowest BCUT2D eigenvalue weighted by atomic mass is 10.3. The highest BCUT2D eigenvalue weighted by Gasteiger charge is 2.14. The van der Waals surface area contributed by atoms with Gasteiger partial charge in [0, 0.05) is 24.5 Å². The Labute approximate surface area is 132 Å². The molecule has 7 nitrogen and oxygen atoms in total. The number of thiazole rings is 1. The summed E-state index contributed by atoms with van der Waals surface area (Å²) in [6.07, 6.45) is 0.242. The van der Waals surface area contributed by atoms with Gasteiger partial charge >= 0.3 is 0 Å². The van der Waals surface area contributed by atoms with Crippen LogP contribution in [0.3, 0.4) is 0 Å². The lowest BCUT2D eigenvalue weighted by Crippen LogP contribution is -2.35. The van der Waals surface area contributed by atoms with E-state index in [1.807, 2.05) is 5.38 Å². The van der Waals surface area contributed by atoms with Gasteiger partial charge in [-0.15, -0.1) is 11.3 Å². The van der Waals surface area contributed by atoms with Gasteiger partial charge in [-0.3, -0.25) is 9.69 Å². The zero-order chi connectivity index (χ0) is 15.4. The highest BCUT2D eigenvalue weighted by Crippen LogP contribution is 2.14. The molecule has 1 aliphatic heterocycles. The van der Waals surface area contributed by atoms with Crippen LogP contribution in [0.4, 0.5) is 5.82 Å². The molecule has 2 aromatic heterocycles. The molecule has 2 aromatic rings. The van der Waals surface area contributed by atoms with Crippen LogP contribution in [-0.4, -0.2) is 47.3 Å². The van der Waals surface area contributed by atoms with Crippen LogP contribution in [0, 0.1) is 6.92 Å². The molecule has 0 aromatic carbocycles. The van der Waals surface area contributed by atoms with E-state index in [2.05, 4.69) is 20.4 Å². The number of carbonyl (C=O) groups excluding carboxylic acids is 1. The molecule has 1 saturated heterocycles. The molecule has 3 rings (SSSR count). The van der Waals surface area contributed by atoms with Crippen LogP contribution in [0.2, 0.25) is 0 Å². The maximum Gasteiger partial charge on any atom is 0.231 e. The number of nitrogens with one attached hydrogen (secondary N) is 1. The van der Waals surface area contributed by atoms with Crippen LogP contribution in [0.1, 0.15) is 16.5 Å². The highest BCUT2D eigenvalue weighted by molar-refractivity contribution is 7.09. The molecule has 22 heavy (non-hydrogen) atoms. The summed E-state index contributed by atoms with van der Waals surface area (Å²) in [5, 5.41) is 9.40. The molecule has 1 N–H and O–H groups in total. The molecule has 0 radical (unpaired) electrons. The molecule has 1 fully saturated rings. The van der Waals surface area contributed by atoms with E-state index in [1.54, 1.807) is 24.3 Å². The summed E-state index contributed by atoms with van der Waals surface area (Å²) in [6, 6.07) is 1.68. The van der Waals surface area contributed by atoms with Crippen molar-refractivity contribution in [2.24, 2.45) is 0 Å². The Balaban J connectivity index is 1.51. The van der Waals surface area contributed by atoms with Gasteiger partial charge in [0.2, 0.25) is 5.91 Å². The molecule has 3 heterocycles. The molecule has 8 heteroatoms. The van der Waals surface area contributed by atoms with Crippen LogP contribution in [0.15, 0.2) is 16.0 Å². The zero-order valence-electron chi connectivity index (χ0n) is 12.4. The Kier molecular flexibility index (Phi) is 4.81. The average molecular weight is 322 g/mol. The van der Waals surface area contributed by atoms with Crippen molar-refractivity contribution in [3.05, 3.63) is 27.9 Å². The Morgan fingerprint density at radius 3 is 3.00 bits per heavy atom. The summed E-state index contributed by atoms with van der Waals surface area (Å²) < 4.78 is 10.2. The second-order valence-electron chi connectivity index (χ2n) is 5.17. The van der Waals surface area contributed by atoms with E-state index in [-0.39, 0.29) is 12.3 Å². The smallest absolute Gasteiger partial charge is 0.231 e. The third-order valence-electron chi connectivity index (χ3n) is 3.30. The molecular formula is C14H18N4O3S. The Morgan fingerprint density at radius 1 is 1.45 bits per heavy atom. The van der Waals surface area contributed by atoms with Gasteiger partial charge in [-0.2, -0.15) is 0 Å². The van der Waals surface area contributed by atoms with Crippen LogP contribution in [0.25, 0.3) is 0 Å². The first kappa shape index (κ1) is 15.1.